The molecule has 4 heterocycles. The molecule has 6 rings (SSSR count). The quantitative estimate of drug-likeness (QED) is 0.241. The molecular weight excluding hydrogens is 547 g/mol. The molecule has 2 amide bonds. The number of amides is 2. The Bertz CT molecular complexity index is 1570. The molecular formula is C30H32Cl2N6O2. The number of aromatic amines is 1. The van der Waals surface area contributed by atoms with Crippen molar-refractivity contribution in [2.45, 2.75) is 32.7 Å². The number of H-pyrrole nitrogens is 1. The minimum Gasteiger partial charge on any atom is -0.358 e. The number of benzene rings is 2. The summed E-state index contributed by atoms with van der Waals surface area (Å²) in [6, 6.07) is 16.0. The Hall–Kier alpha value is -3.85. The number of anilines is 1. The fourth-order valence-corrected chi connectivity index (χ4v) is 5.34. The number of aryl methyl sites for hydroxylation is 1. The number of carbonyl (C=O) groups is 2. The number of hydrogen-bond donors (Lipinski definition) is 4. The van der Waals surface area contributed by atoms with Gasteiger partial charge in [0.25, 0.3) is 11.8 Å². The molecule has 8 nitrogen and oxygen atoms in total. The van der Waals surface area contributed by atoms with Crippen molar-refractivity contribution >= 4 is 54.0 Å². The van der Waals surface area contributed by atoms with Crippen LogP contribution in [0.25, 0.3) is 28.5 Å². The number of aromatic nitrogens is 3. The molecule has 2 aliphatic rings. The van der Waals surface area contributed by atoms with E-state index in [2.05, 4.69) is 26.0 Å². The van der Waals surface area contributed by atoms with Crippen LogP contribution < -0.4 is 16.0 Å². The number of hydrogen-bond acceptors (Lipinski definition) is 4. The Morgan fingerprint density at radius 2 is 1.90 bits per heavy atom. The van der Waals surface area contributed by atoms with Gasteiger partial charge in [0.15, 0.2) is 0 Å². The molecule has 0 radical (unpaired) electrons. The number of fused-ring (bicyclic) bond motifs is 1. The molecule has 2 aromatic carbocycles. The van der Waals surface area contributed by atoms with E-state index in [-0.39, 0.29) is 42.7 Å². The summed E-state index contributed by atoms with van der Waals surface area (Å²) in [4.78, 5) is 29.4. The summed E-state index contributed by atoms with van der Waals surface area (Å²) in [6.45, 7) is 5.60. The summed E-state index contributed by atoms with van der Waals surface area (Å²) in [6.07, 6.45) is 7.68. The number of carbonyl (C=O) groups excluding carboxylic acids is 2. The van der Waals surface area contributed by atoms with Crippen LogP contribution >= 0.6 is 24.8 Å². The smallest absolute Gasteiger partial charge is 0.256 e. The molecule has 1 fully saturated rings. The van der Waals surface area contributed by atoms with Gasteiger partial charge in [-0.05, 0) is 74.7 Å². The van der Waals surface area contributed by atoms with Crippen molar-refractivity contribution in [2.24, 2.45) is 0 Å². The van der Waals surface area contributed by atoms with Gasteiger partial charge in [-0.2, -0.15) is 5.10 Å². The molecule has 40 heavy (non-hydrogen) atoms. The summed E-state index contributed by atoms with van der Waals surface area (Å²) in [5, 5.41) is 14.0. The number of halogens is 2. The standard InChI is InChI=1S/C30H30N6O2.2ClH/c1-18-27(33-19(2)28(18)30(38)34-22-7-6-12-31-16-22)14-25-24-13-20(10-11-26(24)35-29(25)37)21-15-32-36(17-21)23-8-4-3-5-9-23;;/h3-5,8-11,13-15,17,22,31,33H,6-7,12,16H2,1-2H3,(H,34,38)(H,35,37);2*1H/b25-14-;;/t22-;;/m0../s1. The summed E-state index contributed by atoms with van der Waals surface area (Å²) in [5.74, 6) is -0.244. The number of rotatable bonds is 5. The first-order valence-electron chi connectivity index (χ1n) is 13.0. The molecule has 1 atom stereocenters. The fourth-order valence-electron chi connectivity index (χ4n) is 5.34. The molecule has 0 spiro atoms. The van der Waals surface area contributed by atoms with E-state index >= 15 is 0 Å². The molecule has 0 saturated carbocycles. The molecule has 208 valence electrons. The topological polar surface area (TPSA) is 104 Å². The zero-order valence-electron chi connectivity index (χ0n) is 22.3. The molecule has 0 unspecified atom stereocenters. The first-order valence-corrected chi connectivity index (χ1v) is 13.0. The van der Waals surface area contributed by atoms with E-state index in [4.69, 9.17) is 0 Å². The van der Waals surface area contributed by atoms with E-state index in [9.17, 15) is 9.59 Å². The van der Waals surface area contributed by atoms with E-state index in [1.807, 2.05) is 85.5 Å². The Morgan fingerprint density at radius 1 is 1.10 bits per heavy atom. The monoisotopic (exact) mass is 578 g/mol. The molecule has 4 aromatic rings. The van der Waals surface area contributed by atoms with Crippen LogP contribution in [0.4, 0.5) is 5.69 Å². The van der Waals surface area contributed by atoms with Crippen LogP contribution in [0.15, 0.2) is 60.9 Å². The number of nitrogens with one attached hydrogen (secondary N) is 4. The largest absolute Gasteiger partial charge is 0.358 e. The van der Waals surface area contributed by atoms with Gasteiger partial charge in [0.2, 0.25) is 0 Å². The lowest BCUT2D eigenvalue weighted by Gasteiger charge is -2.23. The lowest BCUT2D eigenvalue weighted by Crippen LogP contribution is -2.45. The van der Waals surface area contributed by atoms with Gasteiger partial charge >= 0.3 is 0 Å². The molecule has 0 bridgehead atoms. The summed E-state index contributed by atoms with van der Waals surface area (Å²) in [5.41, 5.74) is 8.08. The third-order valence-corrected chi connectivity index (χ3v) is 7.36. The third-order valence-electron chi connectivity index (χ3n) is 7.36. The minimum absolute atomic E-state index is 0. The van der Waals surface area contributed by atoms with Gasteiger partial charge < -0.3 is 20.9 Å². The van der Waals surface area contributed by atoms with Crippen LogP contribution in [0, 0.1) is 13.8 Å². The maximum Gasteiger partial charge on any atom is 0.256 e. The second-order valence-corrected chi connectivity index (χ2v) is 9.96. The zero-order valence-corrected chi connectivity index (χ0v) is 23.9. The van der Waals surface area contributed by atoms with Crippen LogP contribution in [-0.4, -0.2) is 45.7 Å². The van der Waals surface area contributed by atoms with Gasteiger partial charge in [-0.1, -0.05) is 24.3 Å². The second-order valence-electron chi connectivity index (χ2n) is 9.96. The highest BCUT2D eigenvalue weighted by Crippen LogP contribution is 2.37. The van der Waals surface area contributed by atoms with Crippen LogP contribution in [-0.2, 0) is 4.79 Å². The predicted molar refractivity (Wildman–Crippen MR) is 164 cm³/mol. The van der Waals surface area contributed by atoms with Crippen molar-refractivity contribution in [2.75, 3.05) is 18.4 Å². The minimum atomic E-state index is -0.164. The zero-order chi connectivity index (χ0) is 26.2. The summed E-state index contributed by atoms with van der Waals surface area (Å²) >= 11 is 0. The Morgan fingerprint density at radius 3 is 2.65 bits per heavy atom. The summed E-state index contributed by atoms with van der Waals surface area (Å²) in [7, 11) is 0. The van der Waals surface area contributed by atoms with Crippen LogP contribution in [0.1, 0.15) is 45.7 Å². The highest BCUT2D eigenvalue weighted by Gasteiger charge is 2.27. The van der Waals surface area contributed by atoms with Crippen LogP contribution in [0.2, 0.25) is 0 Å². The number of piperidine rings is 1. The first kappa shape index (κ1) is 29.1. The average molecular weight is 580 g/mol. The van der Waals surface area contributed by atoms with Gasteiger partial charge in [0.1, 0.15) is 0 Å². The number of para-hydroxylation sites is 1. The van der Waals surface area contributed by atoms with Crippen LogP contribution in [0.5, 0.6) is 0 Å². The van der Waals surface area contributed by atoms with Gasteiger partial charge in [0.05, 0.1) is 23.0 Å². The Balaban J connectivity index is 0.00000185. The van der Waals surface area contributed by atoms with Crippen LogP contribution in [0.3, 0.4) is 0 Å². The van der Waals surface area contributed by atoms with E-state index in [1.165, 1.54) is 0 Å². The maximum atomic E-state index is 13.1. The normalized spacial score (nSPS) is 17.0. The third kappa shape index (κ3) is 5.56. The van der Waals surface area contributed by atoms with Crippen molar-refractivity contribution in [3.8, 4) is 16.8 Å². The van der Waals surface area contributed by atoms with Crippen molar-refractivity contribution in [3.05, 3.63) is 89.0 Å². The molecule has 10 heteroatoms. The molecule has 2 aromatic heterocycles. The maximum absolute atomic E-state index is 13.1. The van der Waals surface area contributed by atoms with Gasteiger partial charge in [-0.25, -0.2) is 4.68 Å². The van der Waals surface area contributed by atoms with E-state index in [1.54, 1.807) is 0 Å². The van der Waals surface area contributed by atoms with Gasteiger partial charge in [-0.15, -0.1) is 24.8 Å². The molecule has 4 N–H and O–H groups in total. The van der Waals surface area contributed by atoms with E-state index in [0.29, 0.717) is 11.1 Å². The highest BCUT2D eigenvalue weighted by molar-refractivity contribution is 6.35. The molecule has 0 aliphatic carbocycles. The Kier molecular flexibility index (Phi) is 8.83. The highest BCUT2D eigenvalue weighted by atomic mass is 35.5. The van der Waals surface area contributed by atoms with E-state index < -0.39 is 0 Å². The average Bonchev–Trinajstić information content (AvgIpc) is 3.61. The van der Waals surface area contributed by atoms with Crippen molar-refractivity contribution in [1.29, 1.82) is 0 Å². The lowest BCUT2D eigenvalue weighted by molar-refractivity contribution is -0.110. The van der Waals surface area contributed by atoms with Crippen molar-refractivity contribution < 1.29 is 9.59 Å². The lowest BCUT2D eigenvalue weighted by atomic mass is 9.99. The van der Waals surface area contributed by atoms with Gasteiger partial charge in [-0.3, -0.25) is 9.59 Å². The van der Waals surface area contributed by atoms with Crippen molar-refractivity contribution in [3.63, 3.8) is 0 Å². The van der Waals surface area contributed by atoms with Gasteiger partial charge in [0, 0.05) is 47.0 Å². The summed E-state index contributed by atoms with van der Waals surface area (Å²) < 4.78 is 1.84. The van der Waals surface area contributed by atoms with E-state index in [0.717, 1.165) is 70.9 Å². The second kappa shape index (κ2) is 12.1. The first-order chi connectivity index (χ1) is 18.5. The van der Waals surface area contributed by atoms with Crippen molar-refractivity contribution in [1.82, 2.24) is 25.4 Å². The Labute approximate surface area is 245 Å². The number of nitrogens with zero attached hydrogens (tertiary/aromatic N) is 2. The SMILES string of the molecule is Cc1[nH]c(/C=C2\C(=O)Nc3ccc(-c4cnn(-c5ccccc5)c4)cc32)c(C)c1C(=O)N[C@H]1CCCNC1.Cl.Cl. The fraction of sp³-hybridized carbons (Fsp3) is 0.233. The molecule has 2 aliphatic heterocycles. The molecule has 1 saturated heterocycles. The predicted octanol–water partition coefficient (Wildman–Crippen LogP) is 5.30.